The molecule has 6 rings (SSSR count). The zero-order valence-electron chi connectivity index (χ0n) is 21.1. The summed E-state index contributed by atoms with van der Waals surface area (Å²) in [6.45, 7) is 0. The smallest absolute Gasteiger partial charge is 0.232 e. The topological polar surface area (TPSA) is 111 Å². The van der Waals surface area contributed by atoms with E-state index in [4.69, 9.17) is 9.97 Å². The van der Waals surface area contributed by atoms with Crippen LogP contribution < -0.4 is 10.2 Å². The Balaban J connectivity index is 1.50. The van der Waals surface area contributed by atoms with Crippen molar-refractivity contribution < 1.29 is 8.78 Å². The van der Waals surface area contributed by atoms with Gasteiger partial charge in [-0.05, 0) is 50.0 Å². The Hall–Kier alpha value is -3.98. The molecule has 0 aliphatic heterocycles. The summed E-state index contributed by atoms with van der Waals surface area (Å²) >= 11 is 1.26. The second kappa shape index (κ2) is 9.40. The van der Waals surface area contributed by atoms with Crippen molar-refractivity contribution in [1.82, 2.24) is 29.7 Å². The molecule has 2 fully saturated rings. The molecule has 2 aliphatic rings. The van der Waals surface area contributed by atoms with Gasteiger partial charge in [-0.25, -0.2) is 18.7 Å². The number of imidazole rings is 1. The number of nitrogens with zero attached hydrogens (tertiary/aromatic N) is 7. The number of thioether (sulfide) groups is 1. The van der Waals surface area contributed by atoms with E-state index >= 15 is 8.78 Å². The standard InChI is InChI=1S/C26H25F2N9S/c1-36-12-19(30-21(36)11-29)23-22(14-6-7-14)25(31-20-10-18(34-35-20)13-4-5-13)33-26(32-23)37(2)24-16(27)8-15(38-3)9-17(24)28/h8-10,12-14H,4-7H2,1-3H3,(H2,31,32,33,34,35). The van der Waals surface area contributed by atoms with Gasteiger partial charge >= 0.3 is 0 Å². The number of hydrogen-bond donors (Lipinski definition) is 2. The third kappa shape index (κ3) is 4.47. The quantitative estimate of drug-likeness (QED) is 0.276. The number of H-pyrrole nitrogens is 1. The maximum Gasteiger partial charge on any atom is 0.232 e. The first-order chi connectivity index (χ1) is 18.4. The molecule has 194 valence electrons. The summed E-state index contributed by atoms with van der Waals surface area (Å²) in [5.74, 6) is 0.681. The summed E-state index contributed by atoms with van der Waals surface area (Å²) < 4.78 is 31.8. The molecule has 0 radical (unpaired) electrons. The molecule has 0 bridgehead atoms. The number of aromatic amines is 1. The third-order valence-electron chi connectivity index (χ3n) is 6.86. The van der Waals surface area contributed by atoms with Crippen LogP contribution >= 0.6 is 11.8 Å². The van der Waals surface area contributed by atoms with Gasteiger partial charge in [-0.3, -0.25) is 5.10 Å². The molecule has 9 nitrogen and oxygen atoms in total. The van der Waals surface area contributed by atoms with E-state index in [1.807, 2.05) is 6.07 Å². The minimum atomic E-state index is -0.714. The van der Waals surface area contributed by atoms with Crippen LogP contribution in [-0.4, -0.2) is 43.0 Å². The summed E-state index contributed by atoms with van der Waals surface area (Å²) in [5, 5.41) is 20.3. The lowest BCUT2D eigenvalue weighted by Crippen LogP contribution is -2.18. The zero-order chi connectivity index (χ0) is 26.6. The Kier molecular flexibility index (Phi) is 6.03. The van der Waals surface area contributed by atoms with Crippen LogP contribution in [0.1, 0.15) is 54.6 Å². The molecule has 38 heavy (non-hydrogen) atoms. The molecule has 2 aliphatic carbocycles. The Labute approximate surface area is 222 Å². The van der Waals surface area contributed by atoms with Crippen LogP contribution in [0.25, 0.3) is 11.4 Å². The SMILES string of the molecule is CSc1cc(F)c(N(C)c2nc(Nc3cc(C4CC4)[nH]n3)c(C3CC3)c(-c3cn(C)c(C#N)n3)n2)c(F)c1. The number of hydrogen-bond acceptors (Lipinski definition) is 8. The number of nitrogens with one attached hydrogen (secondary N) is 2. The van der Waals surface area contributed by atoms with Gasteiger partial charge in [0.05, 0.1) is 0 Å². The predicted molar refractivity (Wildman–Crippen MR) is 141 cm³/mol. The molecule has 2 N–H and O–H groups in total. The van der Waals surface area contributed by atoms with Crippen molar-refractivity contribution in [2.24, 2.45) is 7.05 Å². The first kappa shape index (κ1) is 24.4. The molecule has 2 saturated carbocycles. The largest absolute Gasteiger partial charge is 0.325 e. The van der Waals surface area contributed by atoms with Crippen molar-refractivity contribution in [1.29, 1.82) is 5.26 Å². The Morgan fingerprint density at radius 3 is 2.42 bits per heavy atom. The highest BCUT2D eigenvalue weighted by molar-refractivity contribution is 7.98. The average Bonchev–Trinajstić information content (AvgIpc) is 3.83. The molecule has 1 aromatic carbocycles. The minimum absolute atomic E-state index is 0.0868. The zero-order valence-corrected chi connectivity index (χ0v) is 21.9. The fourth-order valence-corrected chi connectivity index (χ4v) is 4.99. The van der Waals surface area contributed by atoms with Gasteiger partial charge in [0.2, 0.25) is 11.8 Å². The molecular weight excluding hydrogens is 508 g/mol. The first-order valence-corrected chi connectivity index (χ1v) is 13.5. The molecule has 0 atom stereocenters. The van der Waals surface area contributed by atoms with Crippen molar-refractivity contribution >= 4 is 35.0 Å². The highest BCUT2D eigenvalue weighted by Crippen LogP contribution is 2.48. The molecule has 3 heterocycles. The van der Waals surface area contributed by atoms with Crippen LogP contribution in [0.2, 0.25) is 0 Å². The van der Waals surface area contributed by atoms with Crippen LogP contribution in [0.4, 0.5) is 32.1 Å². The van der Waals surface area contributed by atoms with E-state index in [-0.39, 0.29) is 23.4 Å². The third-order valence-corrected chi connectivity index (χ3v) is 7.57. The second-order valence-electron chi connectivity index (χ2n) is 9.69. The summed E-state index contributed by atoms with van der Waals surface area (Å²) in [6.07, 6.45) is 7.66. The molecule has 12 heteroatoms. The van der Waals surface area contributed by atoms with E-state index in [1.54, 1.807) is 24.1 Å². The van der Waals surface area contributed by atoms with E-state index in [2.05, 4.69) is 26.6 Å². The average molecular weight is 534 g/mol. The fraction of sp³-hybridized carbons (Fsp3) is 0.346. The van der Waals surface area contributed by atoms with E-state index in [9.17, 15) is 5.26 Å². The fourth-order valence-electron chi connectivity index (χ4n) is 4.55. The van der Waals surface area contributed by atoms with Gasteiger partial charge in [0.15, 0.2) is 17.5 Å². The predicted octanol–water partition coefficient (Wildman–Crippen LogP) is 5.74. The molecule has 0 saturated heterocycles. The van der Waals surface area contributed by atoms with E-state index < -0.39 is 11.6 Å². The molecule has 0 spiro atoms. The van der Waals surface area contributed by atoms with E-state index in [0.717, 1.165) is 36.9 Å². The van der Waals surface area contributed by atoms with Crippen molar-refractivity contribution in [3.8, 4) is 17.5 Å². The molecule has 0 amide bonds. The van der Waals surface area contributed by atoms with Crippen LogP contribution in [0.5, 0.6) is 0 Å². The number of rotatable bonds is 8. The lowest BCUT2D eigenvalue weighted by atomic mass is 10.1. The molecule has 3 aromatic heterocycles. The first-order valence-electron chi connectivity index (χ1n) is 12.3. The number of aryl methyl sites for hydroxylation is 1. The highest BCUT2D eigenvalue weighted by atomic mass is 32.2. The van der Waals surface area contributed by atoms with Crippen molar-refractivity contribution in [2.75, 3.05) is 23.5 Å². The summed E-state index contributed by atoms with van der Waals surface area (Å²) in [4.78, 5) is 15.8. The number of aromatic nitrogens is 6. The monoisotopic (exact) mass is 533 g/mol. The van der Waals surface area contributed by atoms with Crippen molar-refractivity contribution in [3.63, 3.8) is 0 Å². The van der Waals surface area contributed by atoms with E-state index in [1.165, 1.54) is 35.8 Å². The number of nitriles is 1. The Bertz CT molecular complexity index is 1560. The van der Waals surface area contributed by atoms with Crippen LogP contribution in [-0.2, 0) is 7.05 Å². The molecule has 0 unspecified atom stereocenters. The van der Waals surface area contributed by atoms with E-state index in [0.29, 0.717) is 33.8 Å². The highest BCUT2D eigenvalue weighted by Gasteiger charge is 2.34. The van der Waals surface area contributed by atoms with Gasteiger partial charge in [-0.15, -0.1) is 11.8 Å². The van der Waals surface area contributed by atoms with Crippen LogP contribution in [0, 0.1) is 23.0 Å². The lowest BCUT2D eigenvalue weighted by molar-refractivity contribution is 0.577. The lowest BCUT2D eigenvalue weighted by Gasteiger charge is -2.22. The number of anilines is 4. The maximum absolute atomic E-state index is 15.1. The maximum atomic E-state index is 15.1. The number of halogens is 2. The van der Waals surface area contributed by atoms with Gasteiger partial charge in [-0.1, -0.05) is 0 Å². The van der Waals surface area contributed by atoms with Gasteiger partial charge in [-0.2, -0.15) is 15.3 Å². The number of benzene rings is 1. The molecular formula is C26H25F2N9S. The molecule has 4 aromatic rings. The normalized spacial score (nSPS) is 14.9. The van der Waals surface area contributed by atoms with Crippen LogP contribution in [0.15, 0.2) is 29.3 Å². The van der Waals surface area contributed by atoms with Crippen molar-refractivity contribution in [3.05, 3.63) is 53.1 Å². The van der Waals surface area contributed by atoms with Crippen LogP contribution in [0.3, 0.4) is 0 Å². The summed E-state index contributed by atoms with van der Waals surface area (Å²) in [5.41, 5.74) is 2.66. The summed E-state index contributed by atoms with van der Waals surface area (Å²) in [6, 6.07) is 6.63. The second-order valence-corrected chi connectivity index (χ2v) is 10.6. The minimum Gasteiger partial charge on any atom is -0.325 e. The van der Waals surface area contributed by atoms with Gasteiger partial charge in [0, 0.05) is 48.4 Å². The van der Waals surface area contributed by atoms with Gasteiger partial charge < -0.3 is 14.8 Å². The Morgan fingerprint density at radius 2 is 1.82 bits per heavy atom. The Morgan fingerprint density at radius 1 is 1.11 bits per heavy atom. The summed E-state index contributed by atoms with van der Waals surface area (Å²) in [7, 11) is 3.26. The van der Waals surface area contributed by atoms with Gasteiger partial charge in [0.25, 0.3) is 0 Å². The van der Waals surface area contributed by atoms with Gasteiger partial charge in [0.1, 0.15) is 29.0 Å². The van der Waals surface area contributed by atoms with Crippen molar-refractivity contribution in [2.45, 2.75) is 42.4 Å².